The van der Waals surface area contributed by atoms with Crippen LogP contribution in [-0.4, -0.2) is 21.2 Å². The molecular formula is C14H20ClNO2Si. The van der Waals surface area contributed by atoms with E-state index in [0.717, 1.165) is 11.1 Å². The van der Waals surface area contributed by atoms with Crippen LogP contribution in [0.4, 0.5) is 0 Å². The van der Waals surface area contributed by atoms with Crippen molar-refractivity contribution in [1.82, 2.24) is 0 Å². The zero-order chi connectivity index (χ0) is 14.7. The third-order valence-corrected chi connectivity index (χ3v) is 4.01. The predicted molar refractivity (Wildman–Crippen MR) is 80.4 cm³/mol. The van der Waals surface area contributed by atoms with Crippen molar-refractivity contribution in [1.29, 1.82) is 0 Å². The summed E-state index contributed by atoms with van der Waals surface area (Å²) in [4.78, 5) is 0. The number of nitrogens with zero attached hydrogens (tertiary/aromatic N) is 1. The van der Waals surface area contributed by atoms with Crippen molar-refractivity contribution in [2.75, 3.05) is 0 Å². The Morgan fingerprint density at radius 3 is 2.42 bits per heavy atom. The Bertz CT molecular complexity index is 467. The summed E-state index contributed by atoms with van der Waals surface area (Å²) >= 11 is 6.25. The normalized spacial score (nSPS) is 13.2. The molecule has 1 aromatic rings. The first-order chi connectivity index (χ1) is 8.65. The quantitative estimate of drug-likeness (QED) is 0.391. The molecule has 0 atom stereocenters. The van der Waals surface area contributed by atoms with Gasteiger partial charge in [0.05, 0.1) is 11.8 Å². The van der Waals surface area contributed by atoms with Crippen molar-refractivity contribution in [2.24, 2.45) is 5.16 Å². The topological polar surface area (TPSA) is 41.8 Å². The first kappa shape index (κ1) is 16.2. The lowest BCUT2D eigenvalue weighted by Gasteiger charge is -2.30. The van der Waals surface area contributed by atoms with Gasteiger partial charge in [0, 0.05) is 10.6 Å². The standard InChI is InChI=1S/C14H20ClNO2Si/c1-13(2,3)19-18-14(4,5)11-8-10(9-16-17)6-7-12(11)15/h6-9,17H,1-5H3. The fourth-order valence-electron chi connectivity index (χ4n) is 1.49. The average Bonchev–Trinajstić information content (AvgIpc) is 2.29. The molecule has 0 saturated heterocycles. The van der Waals surface area contributed by atoms with Crippen LogP contribution in [0.25, 0.3) is 0 Å². The van der Waals surface area contributed by atoms with Crippen molar-refractivity contribution >= 4 is 27.6 Å². The van der Waals surface area contributed by atoms with Crippen LogP contribution in [0.3, 0.4) is 0 Å². The molecular weight excluding hydrogens is 278 g/mol. The van der Waals surface area contributed by atoms with Crippen molar-refractivity contribution in [3.63, 3.8) is 0 Å². The molecule has 0 bridgehead atoms. The van der Waals surface area contributed by atoms with Gasteiger partial charge in [0.1, 0.15) is 0 Å². The smallest absolute Gasteiger partial charge is 0.236 e. The summed E-state index contributed by atoms with van der Waals surface area (Å²) in [6.45, 7) is 10.4. The van der Waals surface area contributed by atoms with Crippen LogP contribution in [0.15, 0.2) is 23.4 Å². The monoisotopic (exact) mass is 297 g/mol. The molecule has 2 radical (unpaired) electrons. The minimum Gasteiger partial charge on any atom is -0.411 e. The minimum atomic E-state index is -0.484. The van der Waals surface area contributed by atoms with Gasteiger partial charge in [0.25, 0.3) is 0 Å². The van der Waals surface area contributed by atoms with E-state index in [0.29, 0.717) is 14.8 Å². The molecule has 0 heterocycles. The molecule has 0 spiro atoms. The number of oxime groups is 1. The summed E-state index contributed by atoms with van der Waals surface area (Å²) in [6, 6.07) is 5.47. The van der Waals surface area contributed by atoms with Crippen LogP contribution in [0.1, 0.15) is 45.7 Å². The first-order valence-corrected chi connectivity index (χ1v) is 7.37. The van der Waals surface area contributed by atoms with Gasteiger partial charge in [-0.25, -0.2) is 0 Å². The van der Waals surface area contributed by atoms with Crippen LogP contribution < -0.4 is 0 Å². The van der Waals surface area contributed by atoms with Gasteiger partial charge in [-0.05, 0) is 36.6 Å². The van der Waals surface area contributed by atoms with Crippen molar-refractivity contribution in [3.8, 4) is 0 Å². The number of halogens is 1. The van der Waals surface area contributed by atoms with Crippen molar-refractivity contribution in [3.05, 3.63) is 34.3 Å². The van der Waals surface area contributed by atoms with E-state index in [1.807, 2.05) is 19.9 Å². The van der Waals surface area contributed by atoms with Crippen LogP contribution >= 0.6 is 11.6 Å². The van der Waals surface area contributed by atoms with Gasteiger partial charge >= 0.3 is 0 Å². The molecule has 0 aliphatic rings. The van der Waals surface area contributed by atoms with Gasteiger partial charge in [-0.2, -0.15) is 0 Å². The molecule has 0 aromatic heterocycles. The minimum absolute atomic E-state index is 0.119. The highest BCUT2D eigenvalue weighted by Crippen LogP contribution is 2.33. The second-order valence-corrected chi connectivity index (χ2v) is 8.26. The summed E-state index contributed by atoms with van der Waals surface area (Å²) in [6.07, 6.45) is 1.38. The van der Waals surface area contributed by atoms with Crippen LogP contribution in [0.2, 0.25) is 10.1 Å². The van der Waals surface area contributed by atoms with E-state index in [1.165, 1.54) is 6.21 Å². The van der Waals surface area contributed by atoms with Gasteiger partial charge in [-0.1, -0.05) is 43.6 Å². The lowest BCUT2D eigenvalue weighted by atomic mass is 9.96. The molecule has 0 aliphatic carbocycles. The molecule has 0 amide bonds. The molecule has 0 fully saturated rings. The van der Waals surface area contributed by atoms with E-state index in [1.54, 1.807) is 12.1 Å². The molecule has 0 unspecified atom stereocenters. The molecule has 1 N–H and O–H groups in total. The van der Waals surface area contributed by atoms with Crippen LogP contribution in [-0.2, 0) is 10.0 Å². The average molecular weight is 298 g/mol. The van der Waals surface area contributed by atoms with E-state index in [2.05, 4.69) is 25.9 Å². The summed E-state index contributed by atoms with van der Waals surface area (Å²) < 4.78 is 6.03. The maximum Gasteiger partial charge on any atom is 0.236 e. The molecule has 104 valence electrons. The number of benzene rings is 1. The van der Waals surface area contributed by atoms with E-state index < -0.39 is 5.60 Å². The Labute approximate surface area is 122 Å². The zero-order valence-corrected chi connectivity index (χ0v) is 13.7. The lowest BCUT2D eigenvalue weighted by molar-refractivity contribution is 0.109. The van der Waals surface area contributed by atoms with Crippen molar-refractivity contribution < 1.29 is 9.63 Å². The Kier molecular flexibility index (Phi) is 5.18. The highest BCUT2D eigenvalue weighted by molar-refractivity contribution is 6.32. The lowest BCUT2D eigenvalue weighted by Crippen LogP contribution is -2.28. The SMILES string of the molecule is CC(C)(C)[Si]OC(C)(C)c1cc(C=NO)ccc1Cl. The maximum absolute atomic E-state index is 8.60. The summed E-state index contributed by atoms with van der Waals surface area (Å²) in [5.41, 5.74) is 1.20. The third-order valence-electron chi connectivity index (χ3n) is 2.46. The summed E-state index contributed by atoms with van der Waals surface area (Å²) in [5, 5.41) is 12.4. The van der Waals surface area contributed by atoms with Gasteiger partial charge < -0.3 is 9.63 Å². The van der Waals surface area contributed by atoms with E-state index in [9.17, 15) is 0 Å². The molecule has 3 nitrogen and oxygen atoms in total. The fourth-order valence-corrected chi connectivity index (χ4v) is 2.50. The van der Waals surface area contributed by atoms with Crippen LogP contribution in [0.5, 0.6) is 0 Å². The third kappa shape index (κ3) is 4.97. The largest absolute Gasteiger partial charge is 0.411 e. The highest BCUT2D eigenvalue weighted by atomic mass is 35.5. The van der Waals surface area contributed by atoms with E-state index in [4.69, 9.17) is 21.2 Å². The van der Waals surface area contributed by atoms with Gasteiger partial charge in [-0.15, -0.1) is 0 Å². The Balaban J connectivity index is 3.02. The highest BCUT2D eigenvalue weighted by Gasteiger charge is 2.27. The van der Waals surface area contributed by atoms with Gasteiger partial charge in [-0.3, -0.25) is 0 Å². The number of hydrogen-bond donors (Lipinski definition) is 1. The van der Waals surface area contributed by atoms with E-state index >= 15 is 0 Å². The molecule has 0 saturated carbocycles. The first-order valence-electron chi connectivity index (χ1n) is 6.08. The molecule has 19 heavy (non-hydrogen) atoms. The second kappa shape index (κ2) is 6.07. The maximum atomic E-state index is 8.60. The predicted octanol–water partition coefficient (Wildman–Crippen LogP) is 4.24. The second-order valence-electron chi connectivity index (χ2n) is 5.95. The Morgan fingerprint density at radius 1 is 1.26 bits per heavy atom. The van der Waals surface area contributed by atoms with Gasteiger partial charge in [0.2, 0.25) is 9.76 Å². The number of hydrogen-bond acceptors (Lipinski definition) is 3. The molecule has 1 aromatic carbocycles. The molecule has 1 rings (SSSR count). The summed E-state index contributed by atoms with van der Waals surface area (Å²) in [5.74, 6) is 0. The van der Waals surface area contributed by atoms with Crippen LogP contribution in [0, 0.1) is 0 Å². The Hall–Kier alpha value is -0.843. The van der Waals surface area contributed by atoms with Crippen molar-refractivity contribution in [2.45, 2.75) is 45.3 Å². The zero-order valence-electron chi connectivity index (χ0n) is 12.0. The fraction of sp³-hybridized carbons (Fsp3) is 0.500. The van der Waals surface area contributed by atoms with Gasteiger partial charge in [0.15, 0.2) is 0 Å². The van der Waals surface area contributed by atoms with E-state index in [-0.39, 0.29) is 5.04 Å². The number of rotatable bonds is 4. The molecule has 5 heteroatoms. The summed E-state index contributed by atoms with van der Waals surface area (Å²) in [7, 11) is 0.371. The Morgan fingerprint density at radius 2 is 1.89 bits per heavy atom. The molecule has 0 aliphatic heterocycles.